The number of nitrogens with one attached hydrogen (secondary N) is 1. The van der Waals surface area contributed by atoms with Crippen molar-refractivity contribution in [1.82, 2.24) is 4.90 Å². The fraction of sp³-hybridized carbons (Fsp3) is 0.875. The molecule has 0 aromatic heterocycles. The van der Waals surface area contributed by atoms with Gasteiger partial charge in [0.05, 0.1) is 13.0 Å². The number of hydrogen-bond donors (Lipinski definition) is 1. The van der Waals surface area contributed by atoms with Gasteiger partial charge in [-0.05, 0) is 25.2 Å². The summed E-state index contributed by atoms with van der Waals surface area (Å²) in [4.78, 5) is 1.99. The predicted molar refractivity (Wildman–Crippen MR) is 43.7 cm³/mol. The summed E-state index contributed by atoms with van der Waals surface area (Å²) in [5, 5.41) is 6.99. The molecule has 3 heteroatoms. The quantitative estimate of drug-likeness (QED) is 0.489. The van der Waals surface area contributed by atoms with Gasteiger partial charge in [-0.2, -0.15) is 0 Å². The first-order valence-electron chi connectivity index (χ1n) is 4.17. The van der Waals surface area contributed by atoms with Gasteiger partial charge in [0.25, 0.3) is 0 Å². The number of rotatable bonds is 4. The first-order chi connectivity index (χ1) is 5.36. The summed E-state index contributed by atoms with van der Waals surface area (Å²) in [6, 6.07) is 0. The molecule has 0 radical (unpaired) electrons. The van der Waals surface area contributed by atoms with Crippen LogP contribution in [0, 0.1) is 11.3 Å². The zero-order valence-electron chi connectivity index (χ0n) is 6.72. The Morgan fingerprint density at radius 2 is 2.45 bits per heavy atom. The standard InChI is InChI=1S/C8H15FN2/c9-4-1-2-8-3-5-11(6-8)7-10/h7-8,10H,1-6H2. The number of nitrogens with zero attached hydrogens (tertiary/aromatic N) is 1. The van der Waals surface area contributed by atoms with E-state index in [1.807, 2.05) is 4.90 Å². The van der Waals surface area contributed by atoms with E-state index in [4.69, 9.17) is 5.41 Å². The van der Waals surface area contributed by atoms with Crippen LogP contribution in [0.1, 0.15) is 19.3 Å². The van der Waals surface area contributed by atoms with Crippen LogP contribution in [-0.4, -0.2) is 31.0 Å². The van der Waals surface area contributed by atoms with Crippen LogP contribution in [0.15, 0.2) is 0 Å². The highest BCUT2D eigenvalue weighted by molar-refractivity contribution is 5.50. The topological polar surface area (TPSA) is 27.1 Å². The largest absolute Gasteiger partial charge is 0.363 e. The van der Waals surface area contributed by atoms with Crippen molar-refractivity contribution in [2.45, 2.75) is 19.3 Å². The number of likely N-dealkylation sites (tertiary alicyclic amines) is 1. The van der Waals surface area contributed by atoms with E-state index in [-0.39, 0.29) is 6.67 Å². The van der Waals surface area contributed by atoms with Gasteiger partial charge < -0.3 is 4.90 Å². The lowest BCUT2D eigenvalue weighted by molar-refractivity contribution is 0.403. The molecular weight excluding hydrogens is 143 g/mol. The average Bonchev–Trinajstić information content (AvgIpc) is 2.48. The molecule has 0 saturated carbocycles. The monoisotopic (exact) mass is 158 g/mol. The van der Waals surface area contributed by atoms with E-state index < -0.39 is 0 Å². The van der Waals surface area contributed by atoms with E-state index in [0.717, 1.165) is 25.9 Å². The van der Waals surface area contributed by atoms with Crippen molar-refractivity contribution in [2.75, 3.05) is 19.8 Å². The molecule has 1 aliphatic heterocycles. The molecule has 0 aliphatic carbocycles. The summed E-state index contributed by atoms with van der Waals surface area (Å²) in [5.74, 6) is 0.632. The van der Waals surface area contributed by atoms with Gasteiger partial charge in [-0.1, -0.05) is 0 Å². The van der Waals surface area contributed by atoms with Crippen molar-refractivity contribution in [2.24, 2.45) is 5.92 Å². The zero-order valence-corrected chi connectivity index (χ0v) is 6.72. The Hall–Kier alpha value is -0.600. The number of alkyl halides is 1. The molecule has 0 bridgehead atoms. The minimum Gasteiger partial charge on any atom is -0.363 e. The van der Waals surface area contributed by atoms with Crippen LogP contribution in [0.2, 0.25) is 0 Å². The van der Waals surface area contributed by atoms with Crippen LogP contribution in [0.4, 0.5) is 4.39 Å². The first kappa shape index (κ1) is 8.50. The number of hydrogen-bond acceptors (Lipinski definition) is 1. The van der Waals surface area contributed by atoms with Crippen LogP contribution in [-0.2, 0) is 0 Å². The Bertz CT molecular complexity index is 127. The smallest absolute Gasteiger partial charge is 0.0894 e. The van der Waals surface area contributed by atoms with Gasteiger partial charge in [0.15, 0.2) is 0 Å². The molecule has 0 spiro atoms. The Kier molecular flexibility index (Phi) is 3.33. The van der Waals surface area contributed by atoms with Gasteiger partial charge in [0.2, 0.25) is 0 Å². The molecule has 1 rings (SSSR count). The molecule has 1 N–H and O–H groups in total. The van der Waals surface area contributed by atoms with Crippen LogP contribution >= 0.6 is 0 Å². The average molecular weight is 158 g/mol. The highest BCUT2D eigenvalue weighted by Crippen LogP contribution is 2.19. The summed E-state index contributed by atoms with van der Waals surface area (Å²) < 4.78 is 11.8. The lowest BCUT2D eigenvalue weighted by Crippen LogP contribution is -2.17. The van der Waals surface area contributed by atoms with Crippen molar-refractivity contribution in [3.63, 3.8) is 0 Å². The zero-order chi connectivity index (χ0) is 8.10. The number of halogens is 1. The Balaban J connectivity index is 2.14. The van der Waals surface area contributed by atoms with Crippen LogP contribution in [0.3, 0.4) is 0 Å². The molecule has 64 valence electrons. The third-order valence-corrected chi connectivity index (χ3v) is 2.25. The normalized spacial score (nSPS) is 24.1. The molecule has 1 unspecified atom stereocenters. The van der Waals surface area contributed by atoms with Gasteiger partial charge in [-0.3, -0.25) is 9.80 Å². The van der Waals surface area contributed by atoms with Gasteiger partial charge in [0.1, 0.15) is 0 Å². The molecule has 1 aliphatic rings. The lowest BCUT2D eigenvalue weighted by atomic mass is 10.0. The molecule has 1 saturated heterocycles. The first-order valence-corrected chi connectivity index (χ1v) is 4.17. The Labute approximate surface area is 66.9 Å². The highest BCUT2D eigenvalue weighted by atomic mass is 19.1. The van der Waals surface area contributed by atoms with Gasteiger partial charge in [-0.15, -0.1) is 0 Å². The molecule has 0 amide bonds. The summed E-state index contributed by atoms with van der Waals surface area (Å²) >= 11 is 0. The SMILES string of the molecule is N=CN1CCC(CCCF)C1. The molecule has 11 heavy (non-hydrogen) atoms. The molecule has 0 aromatic carbocycles. The molecular formula is C8H15FN2. The lowest BCUT2D eigenvalue weighted by Gasteiger charge is -2.10. The van der Waals surface area contributed by atoms with E-state index >= 15 is 0 Å². The maximum absolute atomic E-state index is 11.8. The van der Waals surface area contributed by atoms with E-state index in [1.54, 1.807) is 0 Å². The third-order valence-electron chi connectivity index (χ3n) is 2.25. The fourth-order valence-corrected chi connectivity index (χ4v) is 1.58. The van der Waals surface area contributed by atoms with Crippen LogP contribution in [0.25, 0.3) is 0 Å². The minimum absolute atomic E-state index is 0.193. The van der Waals surface area contributed by atoms with Crippen molar-refractivity contribution < 1.29 is 4.39 Å². The van der Waals surface area contributed by atoms with Gasteiger partial charge >= 0.3 is 0 Å². The van der Waals surface area contributed by atoms with E-state index in [9.17, 15) is 4.39 Å². The summed E-state index contributed by atoms with van der Waals surface area (Å²) in [5.41, 5.74) is 0. The third kappa shape index (κ3) is 2.48. The Morgan fingerprint density at radius 3 is 3.00 bits per heavy atom. The second-order valence-corrected chi connectivity index (χ2v) is 3.11. The molecule has 1 heterocycles. The van der Waals surface area contributed by atoms with Crippen molar-refractivity contribution >= 4 is 6.34 Å². The fourth-order valence-electron chi connectivity index (χ4n) is 1.58. The molecule has 1 atom stereocenters. The summed E-state index contributed by atoms with van der Waals surface area (Å²) in [6.07, 6.45) is 4.20. The van der Waals surface area contributed by atoms with E-state index in [2.05, 4.69) is 0 Å². The van der Waals surface area contributed by atoms with Gasteiger partial charge in [-0.25, -0.2) is 0 Å². The van der Waals surface area contributed by atoms with Crippen molar-refractivity contribution in [3.8, 4) is 0 Å². The van der Waals surface area contributed by atoms with Crippen LogP contribution < -0.4 is 0 Å². The Morgan fingerprint density at radius 1 is 1.64 bits per heavy atom. The predicted octanol–water partition coefficient (Wildman–Crippen LogP) is 1.67. The summed E-state index contributed by atoms with van der Waals surface area (Å²) in [7, 11) is 0. The van der Waals surface area contributed by atoms with Gasteiger partial charge in [0, 0.05) is 13.1 Å². The molecule has 0 aromatic rings. The second kappa shape index (κ2) is 4.31. The van der Waals surface area contributed by atoms with Crippen molar-refractivity contribution in [3.05, 3.63) is 0 Å². The highest BCUT2D eigenvalue weighted by Gasteiger charge is 2.19. The minimum atomic E-state index is -0.193. The maximum Gasteiger partial charge on any atom is 0.0894 e. The molecule has 1 fully saturated rings. The second-order valence-electron chi connectivity index (χ2n) is 3.11. The summed E-state index contributed by atoms with van der Waals surface area (Å²) in [6.45, 7) is 1.76. The van der Waals surface area contributed by atoms with E-state index in [0.29, 0.717) is 12.3 Å². The van der Waals surface area contributed by atoms with E-state index in [1.165, 1.54) is 6.34 Å². The van der Waals surface area contributed by atoms with Crippen molar-refractivity contribution in [1.29, 1.82) is 5.41 Å². The van der Waals surface area contributed by atoms with Crippen LogP contribution in [0.5, 0.6) is 0 Å². The molecule has 2 nitrogen and oxygen atoms in total. The maximum atomic E-state index is 11.8.